The molecule has 1 atom stereocenters. The van der Waals surface area contributed by atoms with Crippen molar-refractivity contribution in [2.45, 2.75) is 25.9 Å². The Morgan fingerprint density at radius 1 is 1.38 bits per heavy atom. The molecule has 4 rings (SSSR count). The number of para-hydroxylation sites is 1. The van der Waals surface area contributed by atoms with Crippen LogP contribution in [0.25, 0.3) is 11.0 Å². The Morgan fingerprint density at radius 2 is 2.25 bits per heavy atom. The summed E-state index contributed by atoms with van der Waals surface area (Å²) >= 11 is 1.85. The molecule has 1 N–H and O–H groups in total. The zero-order valence-corrected chi connectivity index (χ0v) is 14.4. The Morgan fingerprint density at radius 3 is 3.17 bits per heavy atom. The molecule has 0 saturated heterocycles. The third-order valence-corrected chi connectivity index (χ3v) is 5.77. The number of thiophene rings is 1. The number of nitrogens with one attached hydrogen (secondary N) is 1. The molecule has 0 bridgehead atoms. The summed E-state index contributed by atoms with van der Waals surface area (Å²) in [5.41, 5.74) is 2.79. The van der Waals surface area contributed by atoms with Gasteiger partial charge >= 0.3 is 0 Å². The molecule has 24 heavy (non-hydrogen) atoms. The minimum absolute atomic E-state index is 0.0694. The molecule has 0 fully saturated rings. The fourth-order valence-corrected chi connectivity index (χ4v) is 4.15. The average Bonchev–Trinajstić information content (AvgIpc) is 3.25. The van der Waals surface area contributed by atoms with Gasteiger partial charge in [0.1, 0.15) is 11.8 Å². The Labute approximate surface area is 145 Å². The monoisotopic (exact) mass is 340 g/mol. The molecule has 0 spiro atoms. The van der Waals surface area contributed by atoms with Crippen molar-refractivity contribution < 1.29 is 9.21 Å². The Kier molecular flexibility index (Phi) is 4.12. The molecule has 1 aromatic carbocycles. The SMILES string of the molecule is CC(CNC(=O)c1coc2ccccc12)N1CCc2sccc2C1. The maximum atomic E-state index is 12.5. The van der Waals surface area contributed by atoms with E-state index in [1.165, 1.54) is 10.4 Å². The summed E-state index contributed by atoms with van der Waals surface area (Å²) < 4.78 is 5.45. The van der Waals surface area contributed by atoms with E-state index >= 15 is 0 Å². The van der Waals surface area contributed by atoms with Crippen LogP contribution < -0.4 is 5.32 Å². The topological polar surface area (TPSA) is 45.5 Å². The highest BCUT2D eigenvalue weighted by atomic mass is 32.1. The smallest absolute Gasteiger partial charge is 0.255 e. The molecule has 1 aliphatic heterocycles. The number of hydrogen-bond donors (Lipinski definition) is 1. The molecule has 0 radical (unpaired) electrons. The van der Waals surface area contributed by atoms with Crippen LogP contribution in [0.4, 0.5) is 0 Å². The van der Waals surface area contributed by atoms with Crippen molar-refractivity contribution in [1.29, 1.82) is 0 Å². The fraction of sp³-hybridized carbons (Fsp3) is 0.316. The van der Waals surface area contributed by atoms with Crippen molar-refractivity contribution in [1.82, 2.24) is 10.2 Å². The van der Waals surface area contributed by atoms with Gasteiger partial charge < -0.3 is 9.73 Å². The first-order valence-corrected chi connectivity index (χ1v) is 9.14. The molecular weight excluding hydrogens is 320 g/mol. The van der Waals surface area contributed by atoms with Crippen molar-refractivity contribution in [3.63, 3.8) is 0 Å². The first-order chi connectivity index (χ1) is 11.7. The molecule has 3 aromatic rings. The second kappa shape index (κ2) is 6.42. The van der Waals surface area contributed by atoms with Crippen molar-refractivity contribution in [2.75, 3.05) is 13.1 Å². The zero-order valence-electron chi connectivity index (χ0n) is 13.6. The highest BCUT2D eigenvalue weighted by Crippen LogP contribution is 2.25. The van der Waals surface area contributed by atoms with Crippen molar-refractivity contribution in [3.05, 3.63) is 58.0 Å². The van der Waals surface area contributed by atoms with Crippen LogP contribution in [0.2, 0.25) is 0 Å². The van der Waals surface area contributed by atoms with Crippen molar-refractivity contribution >= 4 is 28.2 Å². The average molecular weight is 340 g/mol. The lowest BCUT2D eigenvalue weighted by Gasteiger charge is -2.32. The van der Waals surface area contributed by atoms with Gasteiger partial charge in [-0.3, -0.25) is 9.69 Å². The summed E-state index contributed by atoms with van der Waals surface area (Å²) in [5.74, 6) is -0.0694. The van der Waals surface area contributed by atoms with Gasteiger partial charge in [-0.15, -0.1) is 11.3 Å². The molecule has 0 saturated carbocycles. The minimum atomic E-state index is -0.0694. The largest absolute Gasteiger partial charge is 0.463 e. The summed E-state index contributed by atoms with van der Waals surface area (Å²) in [6.07, 6.45) is 2.65. The van der Waals surface area contributed by atoms with Crippen LogP contribution in [0.5, 0.6) is 0 Å². The molecule has 3 heterocycles. The Bertz CT molecular complexity index is 867. The fourth-order valence-electron chi connectivity index (χ4n) is 3.26. The van der Waals surface area contributed by atoms with E-state index in [0.717, 1.165) is 30.5 Å². The predicted octanol–water partition coefficient (Wildman–Crippen LogP) is 3.67. The van der Waals surface area contributed by atoms with Gasteiger partial charge in [-0.1, -0.05) is 18.2 Å². The third-order valence-electron chi connectivity index (χ3n) is 4.74. The molecule has 5 heteroatoms. The standard InChI is InChI=1S/C19H20N2O2S/c1-13(21-8-6-18-14(11-21)7-9-24-18)10-20-19(22)16-12-23-17-5-3-2-4-15(16)17/h2-5,7,9,12-13H,6,8,10-11H2,1H3,(H,20,22). The second-order valence-electron chi connectivity index (χ2n) is 6.29. The maximum absolute atomic E-state index is 12.5. The summed E-state index contributed by atoms with van der Waals surface area (Å²) in [6.45, 7) is 4.84. The lowest BCUT2D eigenvalue weighted by Crippen LogP contribution is -2.44. The molecule has 2 aromatic heterocycles. The number of carbonyl (C=O) groups excluding carboxylic acids is 1. The van der Waals surface area contributed by atoms with E-state index in [9.17, 15) is 4.79 Å². The van der Waals surface area contributed by atoms with Gasteiger partial charge in [-0.25, -0.2) is 0 Å². The molecule has 1 unspecified atom stereocenters. The first-order valence-electron chi connectivity index (χ1n) is 8.26. The van der Waals surface area contributed by atoms with E-state index in [2.05, 4.69) is 28.6 Å². The number of rotatable bonds is 4. The quantitative estimate of drug-likeness (QED) is 0.788. The first kappa shape index (κ1) is 15.4. The highest BCUT2D eigenvalue weighted by molar-refractivity contribution is 7.10. The predicted molar refractivity (Wildman–Crippen MR) is 96.4 cm³/mol. The molecule has 0 aliphatic carbocycles. The molecule has 1 amide bonds. The van der Waals surface area contributed by atoms with Gasteiger partial charge in [0, 0.05) is 35.9 Å². The van der Waals surface area contributed by atoms with Gasteiger partial charge in [0.15, 0.2) is 0 Å². The van der Waals surface area contributed by atoms with Crippen LogP contribution in [0, 0.1) is 0 Å². The van der Waals surface area contributed by atoms with Gasteiger partial charge in [0.05, 0.1) is 5.56 Å². The highest BCUT2D eigenvalue weighted by Gasteiger charge is 2.22. The number of nitrogens with zero attached hydrogens (tertiary/aromatic N) is 1. The van der Waals surface area contributed by atoms with E-state index in [1.807, 2.05) is 35.6 Å². The van der Waals surface area contributed by atoms with E-state index in [-0.39, 0.29) is 5.91 Å². The van der Waals surface area contributed by atoms with Crippen molar-refractivity contribution in [2.24, 2.45) is 0 Å². The molecule has 4 nitrogen and oxygen atoms in total. The normalized spacial score (nSPS) is 16.0. The Balaban J connectivity index is 1.39. The number of fused-ring (bicyclic) bond motifs is 2. The number of benzene rings is 1. The van der Waals surface area contributed by atoms with Gasteiger partial charge in [0.2, 0.25) is 0 Å². The maximum Gasteiger partial charge on any atom is 0.255 e. The van der Waals surface area contributed by atoms with Crippen LogP contribution in [-0.4, -0.2) is 29.9 Å². The van der Waals surface area contributed by atoms with E-state index in [1.54, 1.807) is 6.26 Å². The number of hydrogen-bond acceptors (Lipinski definition) is 4. The summed E-state index contributed by atoms with van der Waals surface area (Å²) in [7, 11) is 0. The minimum Gasteiger partial charge on any atom is -0.463 e. The van der Waals surface area contributed by atoms with Gasteiger partial charge in [-0.2, -0.15) is 0 Å². The van der Waals surface area contributed by atoms with E-state index in [4.69, 9.17) is 4.42 Å². The van der Waals surface area contributed by atoms with Crippen LogP contribution in [0.15, 0.2) is 46.4 Å². The molecular formula is C19H20N2O2S. The molecule has 1 aliphatic rings. The van der Waals surface area contributed by atoms with Gasteiger partial charge in [0.25, 0.3) is 5.91 Å². The Hall–Kier alpha value is -2.11. The summed E-state index contributed by atoms with van der Waals surface area (Å²) in [5, 5.41) is 6.09. The number of carbonyl (C=O) groups is 1. The number of amides is 1. The van der Waals surface area contributed by atoms with Crippen LogP contribution in [-0.2, 0) is 13.0 Å². The van der Waals surface area contributed by atoms with Crippen molar-refractivity contribution in [3.8, 4) is 0 Å². The lowest BCUT2D eigenvalue weighted by atomic mass is 10.1. The second-order valence-corrected chi connectivity index (χ2v) is 7.29. The summed E-state index contributed by atoms with van der Waals surface area (Å²) in [6, 6.07) is 10.1. The van der Waals surface area contributed by atoms with Gasteiger partial charge in [-0.05, 0) is 36.4 Å². The third kappa shape index (κ3) is 2.85. The van der Waals surface area contributed by atoms with Crippen LogP contribution in [0.1, 0.15) is 27.7 Å². The van der Waals surface area contributed by atoms with Crippen LogP contribution in [0.3, 0.4) is 0 Å². The van der Waals surface area contributed by atoms with Crippen LogP contribution >= 0.6 is 11.3 Å². The summed E-state index contributed by atoms with van der Waals surface area (Å²) in [4.78, 5) is 16.4. The van der Waals surface area contributed by atoms with E-state index < -0.39 is 0 Å². The lowest BCUT2D eigenvalue weighted by molar-refractivity contribution is 0.0933. The number of furan rings is 1. The molecule has 124 valence electrons. The van der Waals surface area contributed by atoms with E-state index in [0.29, 0.717) is 18.2 Å². The zero-order chi connectivity index (χ0) is 16.5.